The van der Waals surface area contributed by atoms with E-state index in [0.29, 0.717) is 10.0 Å². The van der Waals surface area contributed by atoms with Gasteiger partial charge in [0.15, 0.2) is 16.7 Å². The minimum Gasteiger partial charge on any atom is -0.492 e. The summed E-state index contributed by atoms with van der Waals surface area (Å²) < 4.78 is 23.5. The van der Waals surface area contributed by atoms with Gasteiger partial charge in [0.2, 0.25) is 0 Å². The van der Waals surface area contributed by atoms with Crippen LogP contribution in [0.3, 0.4) is 0 Å². The third-order valence-electron chi connectivity index (χ3n) is 2.68. The number of hydrogen-bond acceptors (Lipinski definition) is 7. The first-order chi connectivity index (χ1) is 11.4. The summed E-state index contributed by atoms with van der Waals surface area (Å²) in [5, 5.41) is 10.2. The summed E-state index contributed by atoms with van der Waals surface area (Å²) in [5.74, 6) is -1.57. The molecule has 0 aliphatic carbocycles. The molecule has 0 radical (unpaired) electrons. The van der Waals surface area contributed by atoms with Gasteiger partial charge in [0.05, 0.1) is 29.8 Å². The SMILES string of the molecule is COC(=O)/C=C1/S/C(=N\N=Cc2cc(F)c(OC)c(Br)c2)NC1=O. The number of thioether (sulfide) groups is 1. The van der Waals surface area contributed by atoms with Gasteiger partial charge < -0.3 is 9.47 Å². The second-order valence-corrected chi connectivity index (χ2v) is 6.14. The number of carbonyl (C=O) groups is 2. The van der Waals surface area contributed by atoms with Gasteiger partial charge in [0, 0.05) is 6.08 Å². The van der Waals surface area contributed by atoms with E-state index in [-0.39, 0.29) is 15.8 Å². The van der Waals surface area contributed by atoms with Gasteiger partial charge in [-0.05, 0) is 45.4 Å². The average Bonchev–Trinajstić information content (AvgIpc) is 2.87. The maximum atomic E-state index is 13.7. The largest absolute Gasteiger partial charge is 0.492 e. The molecule has 1 N–H and O–H groups in total. The van der Waals surface area contributed by atoms with Gasteiger partial charge in [-0.25, -0.2) is 9.18 Å². The first kappa shape index (κ1) is 18.1. The molecule has 1 aromatic carbocycles. The van der Waals surface area contributed by atoms with Gasteiger partial charge in [0.25, 0.3) is 5.91 Å². The molecule has 0 spiro atoms. The Kier molecular flexibility index (Phi) is 6.10. The van der Waals surface area contributed by atoms with Crippen molar-refractivity contribution in [1.29, 1.82) is 0 Å². The molecular formula is C14H11BrFN3O4S. The van der Waals surface area contributed by atoms with E-state index in [1.54, 1.807) is 6.07 Å². The van der Waals surface area contributed by atoms with Crippen LogP contribution in [0.25, 0.3) is 0 Å². The van der Waals surface area contributed by atoms with Crippen molar-refractivity contribution >= 4 is 51.0 Å². The first-order valence-corrected chi connectivity index (χ1v) is 7.98. The molecule has 1 aromatic rings. The number of benzene rings is 1. The number of hydrogen-bond donors (Lipinski definition) is 1. The molecule has 1 heterocycles. The zero-order chi connectivity index (χ0) is 17.7. The summed E-state index contributed by atoms with van der Waals surface area (Å²) in [6.07, 6.45) is 2.37. The van der Waals surface area contributed by atoms with Crippen molar-refractivity contribution in [3.05, 3.63) is 39.0 Å². The fraction of sp³-hybridized carbons (Fsp3) is 0.143. The number of nitrogens with zero attached hydrogens (tertiary/aromatic N) is 2. The van der Waals surface area contributed by atoms with Crippen molar-refractivity contribution in [3.8, 4) is 5.75 Å². The van der Waals surface area contributed by atoms with Crippen molar-refractivity contribution in [2.75, 3.05) is 14.2 Å². The van der Waals surface area contributed by atoms with Crippen molar-refractivity contribution in [3.63, 3.8) is 0 Å². The fourth-order valence-electron chi connectivity index (χ4n) is 1.64. The molecule has 10 heteroatoms. The van der Waals surface area contributed by atoms with Crippen LogP contribution in [0.2, 0.25) is 0 Å². The van der Waals surface area contributed by atoms with Crippen LogP contribution < -0.4 is 10.1 Å². The summed E-state index contributed by atoms with van der Waals surface area (Å²) in [7, 11) is 2.57. The van der Waals surface area contributed by atoms with Gasteiger partial charge in [-0.15, -0.1) is 5.10 Å². The molecule has 1 amide bonds. The molecule has 0 unspecified atom stereocenters. The van der Waals surface area contributed by atoms with E-state index in [9.17, 15) is 14.0 Å². The van der Waals surface area contributed by atoms with E-state index in [1.165, 1.54) is 26.5 Å². The second kappa shape index (κ2) is 8.06. The molecule has 24 heavy (non-hydrogen) atoms. The van der Waals surface area contributed by atoms with Gasteiger partial charge in [-0.3, -0.25) is 10.1 Å². The number of halogens is 2. The summed E-state index contributed by atoms with van der Waals surface area (Å²) in [6.45, 7) is 0. The molecule has 1 saturated heterocycles. The third kappa shape index (κ3) is 4.42. The van der Waals surface area contributed by atoms with Crippen LogP contribution in [0.15, 0.2) is 37.8 Å². The van der Waals surface area contributed by atoms with Crippen LogP contribution in [0.1, 0.15) is 5.56 Å². The number of ether oxygens (including phenoxy) is 2. The summed E-state index contributed by atoms with van der Waals surface area (Å²) in [4.78, 5) is 22.9. The molecule has 1 aliphatic heterocycles. The Balaban J connectivity index is 2.12. The predicted molar refractivity (Wildman–Crippen MR) is 91.5 cm³/mol. The smallest absolute Gasteiger partial charge is 0.331 e. The molecule has 0 atom stereocenters. The topological polar surface area (TPSA) is 89.3 Å². The highest BCUT2D eigenvalue weighted by Gasteiger charge is 2.25. The number of amidine groups is 1. The Morgan fingerprint density at radius 3 is 2.79 bits per heavy atom. The number of methoxy groups -OCH3 is 2. The summed E-state index contributed by atoms with van der Waals surface area (Å²) in [6, 6.07) is 2.84. The van der Waals surface area contributed by atoms with E-state index in [2.05, 4.69) is 36.2 Å². The highest BCUT2D eigenvalue weighted by Crippen LogP contribution is 2.29. The van der Waals surface area contributed by atoms with Crippen LogP contribution in [-0.2, 0) is 14.3 Å². The van der Waals surface area contributed by atoms with Crippen LogP contribution in [0.5, 0.6) is 5.75 Å². The lowest BCUT2D eigenvalue weighted by Gasteiger charge is -2.04. The monoisotopic (exact) mass is 415 g/mol. The van der Waals surface area contributed by atoms with E-state index in [4.69, 9.17) is 4.74 Å². The number of carbonyl (C=O) groups excluding carboxylic acids is 2. The van der Waals surface area contributed by atoms with E-state index in [0.717, 1.165) is 17.8 Å². The Labute approximate surface area is 149 Å². The van der Waals surface area contributed by atoms with Crippen molar-refractivity contribution < 1.29 is 23.5 Å². The van der Waals surface area contributed by atoms with E-state index in [1.807, 2.05) is 0 Å². The lowest BCUT2D eigenvalue weighted by atomic mass is 10.2. The Morgan fingerprint density at radius 1 is 1.42 bits per heavy atom. The Morgan fingerprint density at radius 2 is 2.17 bits per heavy atom. The molecule has 2 rings (SSSR count). The second-order valence-electron chi connectivity index (χ2n) is 4.26. The van der Waals surface area contributed by atoms with Crippen molar-refractivity contribution in [1.82, 2.24) is 5.32 Å². The number of nitrogens with one attached hydrogen (secondary N) is 1. The van der Waals surface area contributed by atoms with Gasteiger partial charge in [-0.1, -0.05) is 0 Å². The van der Waals surface area contributed by atoms with Gasteiger partial charge >= 0.3 is 5.97 Å². The van der Waals surface area contributed by atoms with Gasteiger partial charge in [-0.2, -0.15) is 5.10 Å². The van der Waals surface area contributed by atoms with Crippen LogP contribution in [-0.4, -0.2) is 37.5 Å². The van der Waals surface area contributed by atoms with Crippen molar-refractivity contribution in [2.24, 2.45) is 10.2 Å². The Bertz CT molecular complexity index is 756. The molecule has 1 aliphatic rings. The third-order valence-corrected chi connectivity index (χ3v) is 4.17. The highest BCUT2D eigenvalue weighted by atomic mass is 79.9. The predicted octanol–water partition coefficient (Wildman–Crippen LogP) is 2.21. The number of esters is 1. The molecule has 0 aromatic heterocycles. The molecule has 126 valence electrons. The van der Waals surface area contributed by atoms with Crippen LogP contribution in [0, 0.1) is 5.82 Å². The first-order valence-electron chi connectivity index (χ1n) is 6.37. The van der Waals surface area contributed by atoms with Crippen LogP contribution >= 0.6 is 27.7 Å². The van der Waals surface area contributed by atoms with E-state index >= 15 is 0 Å². The fourth-order valence-corrected chi connectivity index (χ4v) is 2.99. The quantitative estimate of drug-likeness (QED) is 0.352. The van der Waals surface area contributed by atoms with Crippen molar-refractivity contribution in [2.45, 2.75) is 0 Å². The highest BCUT2D eigenvalue weighted by molar-refractivity contribution is 9.10. The average molecular weight is 416 g/mol. The Hall–Kier alpha value is -2.20. The minimum atomic E-state index is -0.643. The van der Waals surface area contributed by atoms with Gasteiger partial charge in [0.1, 0.15) is 0 Å². The number of rotatable bonds is 4. The zero-order valence-electron chi connectivity index (χ0n) is 12.5. The lowest BCUT2D eigenvalue weighted by molar-refractivity contribution is -0.135. The number of amides is 1. The minimum absolute atomic E-state index is 0.0923. The summed E-state index contributed by atoms with van der Waals surface area (Å²) >= 11 is 4.13. The normalized spacial score (nSPS) is 17.6. The molecule has 0 bridgehead atoms. The summed E-state index contributed by atoms with van der Waals surface area (Å²) in [5.41, 5.74) is 0.448. The maximum Gasteiger partial charge on any atom is 0.331 e. The van der Waals surface area contributed by atoms with Crippen LogP contribution in [0.4, 0.5) is 4.39 Å². The molecular weight excluding hydrogens is 405 g/mol. The maximum absolute atomic E-state index is 13.7. The lowest BCUT2D eigenvalue weighted by Crippen LogP contribution is -2.19. The standard InChI is InChI=1S/C14H11BrFN3O4S/c1-22-11(20)5-10-13(21)18-14(24-10)19-17-6-7-3-8(15)12(23-2)9(16)4-7/h3-6H,1-2H3,(H,18,19,21)/b10-5+,17-6?. The van der Waals surface area contributed by atoms with E-state index < -0.39 is 17.7 Å². The molecule has 1 fully saturated rings. The molecule has 7 nitrogen and oxygen atoms in total. The molecule has 0 saturated carbocycles. The zero-order valence-corrected chi connectivity index (χ0v) is 14.9.